The summed E-state index contributed by atoms with van der Waals surface area (Å²) in [6, 6.07) is 3.78. The van der Waals surface area contributed by atoms with Crippen LogP contribution in [0.4, 0.5) is 4.39 Å². The van der Waals surface area contributed by atoms with Crippen LogP contribution in [0.1, 0.15) is 46.0 Å². The van der Waals surface area contributed by atoms with Gasteiger partial charge in [-0.25, -0.2) is 12.8 Å². The molecule has 2 unspecified atom stereocenters. The van der Waals surface area contributed by atoms with Crippen LogP contribution in [0.2, 0.25) is 5.02 Å². The lowest BCUT2D eigenvalue weighted by atomic mass is 9.55. The Morgan fingerprint density at radius 3 is 2.47 bits per heavy atom. The summed E-state index contributed by atoms with van der Waals surface area (Å²) in [6.07, 6.45) is 5.63. The van der Waals surface area contributed by atoms with Gasteiger partial charge in [0.1, 0.15) is 11.6 Å². The molecule has 0 aromatic heterocycles. The molecule has 1 amide bonds. The molecular weight excluding hydrogens is 449 g/mol. The summed E-state index contributed by atoms with van der Waals surface area (Å²) < 4.78 is 46.4. The van der Waals surface area contributed by atoms with E-state index in [1.54, 1.807) is 13.8 Å². The molecule has 1 aromatic rings. The number of nitrogens with one attached hydrogen (secondary N) is 1. The number of ether oxygens (including phenoxy) is 1. The first-order valence-electron chi connectivity index (χ1n) is 10.2. The average Bonchev–Trinajstić information content (AvgIpc) is 2.62. The van der Waals surface area contributed by atoms with Crippen molar-refractivity contribution in [1.82, 2.24) is 4.72 Å². The highest BCUT2D eigenvalue weighted by atomic mass is 35.5. The molecule has 5 rings (SSSR count). The number of carbonyl (C=O) groups excluding carboxylic acids is 1. The minimum absolute atomic E-state index is 0.107. The lowest BCUT2D eigenvalue weighted by Crippen LogP contribution is -2.59. The van der Waals surface area contributed by atoms with Crippen molar-refractivity contribution in [3.8, 4) is 5.75 Å². The molecule has 5 nitrogen and oxygen atoms in total. The van der Waals surface area contributed by atoms with E-state index in [2.05, 4.69) is 4.72 Å². The second-order valence-corrected chi connectivity index (χ2v) is 13.4. The van der Waals surface area contributed by atoms with Crippen LogP contribution in [-0.2, 0) is 14.6 Å². The third kappa shape index (κ3) is 3.95. The van der Waals surface area contributed by atoms with Crippen LogP contribution >= 0.6 is 23.5 Å². The molecule has 30 heavy (non-hydrogen) atoms. The standard InChI is InChI=1S/C21H27ClFNO4S2/c1-20(2,28-17-5-4-15(23)8-16(17)22)19(25)24-29-18-13-6-12-7-14(18)11-21(9-12,10-13)30(3,26)27/h4-5,8,12-14,18H,6-7,9-11H2,1-3H3,(H,24,25). The zero-order chi connectivity index (χ0) is 21.9. The molecule has 9 heteroatoms. The first kappa shape index (κ1) is 22.2. The second kappa shape index (κ2) is 7.55. The SMILES string of the molecule is CC(C)(Oc1ccc(F)cc1Cl)C(=O)NSC1C2CC3CC1CC(S(C)(=O)=O)(C3)C2. The number of amides is 1. The maximum absolute atomic E-state index is 13.2. The van der Waals surface area contributed by atoms with E-state index in [0.717, 1.165) is 25.3 Å². The van der Waals surface area contributed by atoms with Crippen LogP contribution in [0, 0.1) is 23.6 Å². The summed E-state index contributed by atoms with van der Waals surface area (Å²) in [5, 5.41) is 0.321. The number of carbonyl (C=O) groups is 1. The Hall–Kier alpha value is -0.990. The van der Waals surface area contributed by atoms with Crippen molar-refractivity contribution >= 4 is 39.3 Å². The van der Waals surface area contributed by atoms with E-state index in [9.17, 15) is 17.6 Å². The molecule has 0 spiro atoms. The van der Waals surface area contributed by atoms with Gasteiger partial charge >= 0.3 is 0 Å². The fourth-order valence-corrected chi connectivity index (χ4v) is 8.74. The highest BCUT2D eigenvalue weighted by Crippen LogP contribution is 2.60. The van der Waals surface area contributed by atoms with E-state index in [-0.39, 0.29) is 21.9 Å². The predicted octanol–water partition coefficient (Wildman–Crippen LogP) is 4.39. The van der Waals surface area contributed by atoms with E-state index < -0.39 is 26.0 Å². The first-order valence-corrected chi connectivity index (χ1v) is 13.3. The Morgan fingerprint density at radius 1 is 1.27 bits per heavy atom. The van der Waals surface area contributed by atoms with Crippen molar-refractivity contribution in [2.75, 3.05) is 6.26 Å². The fraction of sp³-hybridized carbons (Fsp3) is 0.667. The van der Waals surface area contributed by atoms with E-state index in [1.165, 1.54) is 30.3 Å². The van der Waals surface area contributed by atoms with E-state index in [0.29, 0.717) is 30.6 Å². The number of hydrogen-bond acceptors (Lipinski definition) is 5. The number of benzene rings is 1. The van der Waals surface area contributed by atoms with Gasteiger partial charge < -0.3 is 4.74 Å². The Kier molecular flexibility index (Phi) is 5.59. The summed E-state index contributed by atoms with van der Waals surface area (Å²) in [5.41, 5.74) is -1.20. The van der Waals surface area contributed by atoms with Crippen molar-refractivity contribution in [3.63, 3.8) is 0 Å². The number of sulfone groups is 1. The minimum atomic E-state index is -3.10. The molecule has 4 aliphatic carbocycles. The zero-order valence-corrected chi connectivity index (χ0v) is 19.7. The van der Waals surface area contributed by atoms with Gasteiger partial charge in [0.25, 0.3) is 5.91 Å². The van der Waals surface area contributed by atoms with Gasteiger partial charge in [-0.15, -0.1) is 0 Å². The zero-order valence-electron chi connectivity index (χ0n) is 17.3. The lowest BCUT2D eigenvalue weighted by Gasteiger charge is -2.58. The van der Waals surface area contributed by atoms with Gasteiger partial charge in [-0.2, -0.15) is 0 Å². The van der Waals surface area contributed by atoms with Crippen LogP contribution in [-0.4, -0.2) is 36.2 Å². The van der Waals surface area contributed by atoms with Crippen molar-refractivity contribution < 1.29 is 22.3 Å². The van der Waals surface area contributed by atoms with Gasteiger partial charge in [-0.3, -0.25) is 9.52 Å². The number of rotatable bonds is 6. The molecule has 0 saturated heterocycles. The summed E-state index contributed by atoms with van der Waals surface area (Å²) in [5.74, 6) is 0.537. The summed E-state index contributed by atoms with van der Waals surface area (Å²) >= 11 is 7.43. The van der Waals surface area contributed by atoms with Crippen LogP contribution in [0.25, 0.3) is 0 Å². The van der Waals surface area contributed by atoms with Crippen LogP contribution in [0.15, 0.2) is 18.2 Å². The molecule has 166 valence electrons. The molecule has 4 fully saturated rings. The van der Waals surface area contributed by atoms with Gasteiger partial charge in [-0.05, 0) is 93.9 Å². The van der Waals surface area contributed by atoms with Crippen molar-refractivity contribution in [2.24, 2.45) is 17.8 Å². The molecule has 1 aromatic carbocycles. The Bertz CT molecular complexity index is 952. The highest BCUT2D eigenvalue weighted by Gasteiger charge is 2.59. The predicted molar refractivity (Wildman–Crippen MR) is 117 cm³/mol. The maximum atomic E-state index is 13.2. The van der Waals surface area contributed by atoms with Gasteiger partial charge in [0.05, 0.1) is 9.77 Å². The Balaban J connectivity index is 1.41. The number of hydrogen-bond donors (Lipinski definition) is 1. The second-order valence-electron chi connectivity index (χ2n) is 9.63. The molecule has 0 aliphatic heterocycles. The highest BCUT2D eigenvalue weighted by molar-refractivity contribution is 7.98. The molecule has 2 atom stereocenters. The summed E-state index contributed by atoms with van der Waals surface area (Å²) in [7, 11) is -3.10. The van der Waals surface area contributed by atoms with Crippen LogP contribution in [0.3, 0.4) is 0 Å². The first-order chi connectivity index (χ1) is 13.9. The smallest absolute Gasteiger partial charge is 0.273 e. The third-order valence-corrected chi connectivity index (χ3v) is 10.7. The normalized spacial score (nSPS) is 32.8. The fourth-order valence-electron chi connectivity index (χ4n) is 5.67. The Morgan fingerprint density at radius 2 is 1.90 bits per heavy atom. The minimum Gasteiger partial charge on any atom is -0.476 e. The molecular formula is C21H27ClFNO4S2. The van der Waals surface area contributed by atoms with E-state index in [1.807, 2.05) is 0 Å². The third-order valence-electron chi connectivity index (χ3n) is 7.01. The quantitative estimate of drug-likeness (QED) is 0.617. The average molecular weight is 476 g/mol. The molecule has 4 saturated carbocycles. The van der Waals surface area contributed by atoms with Crippen LogP contribution in [0.5, 0.6) is 5.75 Å². The van der Waals surface area contributed by atoms with Gasteiger partial charge in [0, 0.05) is 11.5 Å². The van der Waals surface area contributed by atoms with E-state index >= 15 is 0 Å². The van der Waals surface area contributed by atoms with Crippen LogP contribution < -0.4 is 9.46 Å². The molecule has 4 bridgehead atoms. The van der Waals surface area contributed by atoms with Crippen molar-refractivity contribution in [3.05, 3.63) is 29.0 Å². The lowest BCUT2D eigenvalue weighted by molar-refractivity contribution is -0.132. The summed E-state index contributed by atoms with van der Waals surface area (Å²) in [6.45, 7) is 3.27. The van der Waals surface area contributed by atoms with Crippen molar-refractivity contribution in [2.45, 2.75) is 61.5 Å². The maximum Gasteiger partial charge on any atom is 0.273 e. The van der Waals surface area contributed by atoms with E-state index in [4.69, 9.17) is 16.3 Å². The topological polar surface area (TPSA) is 72.5 Å². The summed E-state index contributed by atoms with van der Waals surface area (Å²) in [4.78, 5) is 12.8. The van der Waals surface area contributed by atoms with Gasteiger partial charge in [0.2, 0.25) is 0 Å². The molecule has 0 heterocycles. The molecule has 1 N–H and O–H groups in total. The monoisotopic (exact) mass is 475 g/mol. The molecule has 4 aliphatic rings. The Labute approximate surface area is 186 Å². The van der Waals surface area contributed by atoms with Gasteiger partial charge in [0.15, 0.2) is 15.4 Å². The molecule has 0 radical (unpaired) electrons. The largest absolute Gasteiger partial charge is 0.476 e. The number of halogens is 2. The van der Waals surface area contributed by atoms with Crippen molar-refractivity contribution in [1.29, 1.82) is 0 Å². The van der Waals surface area contributed by atoms with Gasteiger partial charge in [-0.1, -0.05) is 11.6 Å².